The minimum absolute atomic E-state index is 0. The maximum absolute atomic E-state index is 12.6. The van der Waals surface area contributed by atoms with Gasteiger partial charge in [0.25, 0.3) is 0 Å². The Kier molecular flexibility index (Phi) is 7.72. The van der Waals surface area contributed by atoms with Gasteiger partial charge in [0.05, 0.1) is 19.3 Å². The van der Waals surface area contributed by atoms with Gasteiger partial charge >= 0.3 is 6.18 Å². The molecule has 2 heterocycles. The first-order valence-electron chi connectivity index (χ1n) is 7.03. The summed E-state index contributed by atoms with van der Waals surface area (Å²) in [4.78, 5) is 15.6. The van der Waals surface area contributed by atoms with Gasteiger partial charge in [-0.3, -0.25) is 4.79 Å². The van der Waals surface area contributed by atoms with E-state index in [1.54, 1.807) is 6.92 Å². The van der Waals surface area contributed by atoms with Crippen LogP contribution < -0.4 is 10.6 Å². The van der Waals surface area contributed by atoms with E-state index in [0.717, 1.165) is 16.7 Å². The van der Waals surface area contributed by atoms with Gasteiger partial charge in [-0.1, -0.05) is 6.92 Å². The van der Waals surface area contributed by atoms with Crippen molar-refractivity contribution in [2.24, 2.45) is 0 Å². The zero-order valence-electron chi connectivity index (χ0n) is 12.5. The molecule has 1 amide bonds. The Morgan fingerprint density at radius 2 is 2.35 bits per heavy atom. The van der Waals surface area contributed by atoms with Crippen molar-refractivity contribution >= 4 is 29.7 Å². The highest BCUT2D eigenvalue weighted by molar-refractivity contribution is 7.09. The Morgan fingerprint density at radius 1 is 1.61 bits per heavy atom. The summed E-state index contributed by atoms with van der Waals surface area (Å²) >= 11 is 0.911. The van der Waals surface area contributed by atoms with Crippen molar-refractivity contribution in [1.82, 2.24) is 15.6 Å². The number of nitrogens with one attached hydrogen (secondary N) is 2. The van der Waals surface area contributed by atoms with Crippen molar-refractivity contribution in [3.63, 3.8) is 0 Å². The van der Waals surface area contributed by atoms with Gasteiger partial charge in [-0.15, -0.1) is 23.7 Å². The minimum atomic E-state index is -4.46. The maximum Gasteiger partial charge on any atom is 0.434 e. The molecule has 0 radical (unpaired) electrons. The number of halogens is 4. The Labute approximate surface area is 142 Å². The highest BCUT2D eigenvalue weighted by Crippen LogP contribution is 2.32. The van der Waals surface area contributed by atoms with Crippen LogP contribution in [-0.2, 0) is 15.7 Å². The summed E-state index contributed by atoms with van der Waals surface area (Å²) in [5.41, 5.74) is -0.914. The van der Waals surface area contributed by atoms with Gasteiger partial charge in [-0.05, 0) is 6.42 Å². The average Bonchev–Trinajstić information content (AvgIpc) is 2.95. The number of hydrogen-bond acceptors (Lipinski definition) is 5. The summed E-state index contributed by atoms with van der Waals surface area (Å²) in [6.45, 7) is 3.56. The Hall–Kier alpha value is -0.900. The molecule has 0 aliphatic carbocycles. The van der Waals surface area contributed by atoms with Crippen molar-refractivity contribution in [1.29, 1.82) is 0 Å². The number of aromatic nitrogens is 1. The van der Waals surface area contributed by atoms with Crippen LogP contribution in [0.15, 0.2) is 5.38 Å². The molecule has 2 unspecified atom stereocenters. The predicted molar refractivity (Wildman–Crippen MR) is 82.8 cm³/mol. The molecule has 2 N–H and O–H groups in total. The van der Waals surface area contributed by atoms with Crippen LogP contribution >= 0.6 is 23.7 Å². The third kappa shape index (κ3) is 5.91. The topological polar surface area (TPSA) is 63.2 Å². The lowest BCUT2D eigenvalue weighted by Gasteiger charge is -2.24. The Morgan fingerprint density at radius 3 is 2.87 bits per heavy atom. The molecule has 1 saturated heterocycles. The summed E-state index contributed by atoms with van der Waals surface area (Å²) in [5, 5.41) is 7.15. The number of morpholine rings is 1. The quantitative estimate of drug-likeness (QED) is 0.832. The smallest absolute Gasteiger partial charge is 0.378 e. The maximum atomic E-state index is 12.6. The molecule has 5 nitrogen and oxygen atoms in total. The lowest BCUT2D eigenvalue weighted by molar-refractivity contribution is -0.140. The van der Waals surface area contributed by atoms with Gasteiger partial charge in [0.1, 0.15) is 5.01 Å². The molecule has 132 valence electrons. The average molecular weight is 374 g/mol. The van der Waals surface area contributed by atoms with Crippen LogP contribution in [0.25, 0.3) is 0 Å². The molecule has 1 fully saturated rings. The van der Waals surface area contributed by atoms with Gasteiger partial charge in [-0.2, -0.15) is 13.2 Å². The Bertz CT molecular complexity index is 507. The van der Waals surface area contributed by atoms with Crippen LogP contribution in [0.2, 0.25) is 0 Å². The lowest BCUT2D eigenvalue weighted by Crippen LogP contribution is -2.44. The third-order valence-corrected chi connectivity index (χ3v) is 4.24. The number of nitrogens with zero attached hydrogens (tertiary/aromatic N) is 1. The molecule has 0 spiro atoms. The van der Waals surface area contributed by atoms with Crippen LogP contribution in [-0.4, -0.2) is 36.7 Å². The summed E-state index contributed by atoms with van der Waals surface area (Å²) in [6.07, 6.45) is -3.75. The summed E-state index contributed by atoms with van der Waals surface area (Å²) in [6, 6.07) is -0.564. The molecule has 2 rings (SSSR count). The van der Waals surface area contributed by atoms with E-state index in [-0.39, 0.29) is 35.8 Å². The van der Waals surface area contributed by atoms with Crippen molar-refractivity contribution < 1.29 is 22.7 Å². The fourth-order valence-corrected chi connectivity index (χ4v) is 3.10. The number of rotatable bonds is 5. The van der Waals surface area contributed by atoms with Crippen LogP contribution in [0.5, 0.6) is 0 Å². The molecule has 0 saturated carbocycles. The van der Waals surface area contributed by atoms with Crippen molar-refractivity contribution in [3.8, 4) is 0 Å². The number of carbonyl (C=O) groups excluding carboxylic acids is 1. The van der Waals surface area contributed by atoms with Crippen molar-refractivity contribution in [2.75, 3.05) is 19.8 Å². The molecule has 23 heavy (non-hydrogen) atoms. The van der Waals surface area contributed by atoms with Crippen molar-refractivity contribution in [3.05, 3.63) is 16.1 Å². The highest BCUT2D eigenvalue weighted by atomic mass is 35.5. The van der Waals surface area contributed by atoms with Crippen LogP contribution in [0.4, 0.5) is 13.2 Å². The van der Waals surface area contributed by atoms with Gasteiger partial charge in [0.15, 0.2) is 5.69 Å². The molecule has 10 heteroatoms. The molecule has 1 aliphatic rings. The van der Waals surface area contributed by atoms with Crippen LogP contribution in [0.1, 0.15) is 36.5 Å². The summed E-state index contributed by atoms with van der Waals surface area (Å²) < 4.78 is 43.0. The van der Waals surface area contributed by atoms with Gasteiger partial charge < -0.3 is 15.4 Å². The van der Waals surface area contributed by atoms with E-state index in [1.807, 2.05) is 0 Å². The van der Waals surface area contributed by atoms with Gasteiger partial charge in [0.2, 0.25) is 5.91 Å². The molecule has 2 atom stereocenters. The number of alkyl halides is 3. The van der Waals surface area contributed by atoms with E-state index in [1.165, 1.54) is 0 Å². The second kappa shape index (κ2) is 8.81. The lowest BCUT2D eigenvalue weighted by atomic mass is 10.1. The second-order valence-corrected chi connectivity index (χ2v) is 5.92. The number of carbonyl (C=O) groups is 1. The second-order valence-electron chi connectivity index (χ2n) is 5.03. The van der Waals surface area contributed by atoms with E-state index in [9.17, 15) is 18.0 Å². The first-order valence-corrected chi connectivity index (χ1v) is 7.91. The third-order valence-electron chi connectivity index (χ3n) is 3.28. The monoisotopic (exact) mass is 373 g/mol. The fraction of sp³-hybridized carbons (Fsp3) is 0.692. The van der Waals surface area contributed by atoms with E-state index >= 15 is 0 Å². The fourth-order valence-electron chi connectivity index (χ4n) is 2.14. The number of hydrogen-bond donors (Lipinski definition) is 2. The largest absolute Gasteiger partial charge is 0.434 e. The minimum Gasteiger partial charge on any atom is -0.378 e. The molecule has 1 aliphatic heterocycles. The summed E-state index contributed by atoms with van der Waals surface area (Å²) in [7, 11) is 0. The highest BCUT2D eigenvalue weighted by Gasteiger charge is 2.34. The molecule has 0 bridgehead atoms. The van der Waals surface area contributed by atoms with E-state index in [0.29, 0.717) is 26.2 Å². The molecule has 0 aromatic carbocycles. The van der Waals surface area contributed by atoms with Gasteiger partial charge in [0, 0.05) is 24.4 Å². The Balaban J connectivity index is 0.00000264. The van der Waals surface area contributed by atoms with Crippen LogP contribution in [0, 0.1) is 0 Å². The first kappa shape index (κ1) is 20.1. The zero-order chi connectivity index (χ0) is 16.2. The van der Waals surface area contributed by atoms with Gasteiger partial charge in [-0.25, -0.2) is 4.98 Å². The summed E-state index contributed by atoms with van der Waals surface area (Å²) in [5.74, 6) is -0.224. The predicted octanol–water partition coefficient (Wildman–Crippen LogP) is 2.53. The van der Waals surface area contributed by atoms with Crippen LogP contribution in [0.3, 0.4) is 0 Å². The molecule has 1 aromatic heterocycles. The van der Waals surface area contributed by atoms with Crippen molar-refractivity contribution in [2.45, 2.75) is 38.0 Å². The SMILES string of the molecule is CCC(NC(=O)CC1COCCN1)c1nc(C(F)(F)F)cs1.Cl. The molecular formula is C13H19ClF3N3O2S. The van der Waals surface area contributed by atoms with E-state index in [2.05, 4.69) is 15.6 Å². The molecule has 1 aromatic rings. The number of ether oxygens (including phenoxy) is 1. The zero-order valence-corrected chi connectivity index (χ0v) is 14.1. The number of thiazole rings is 1. The molecular weight excluding hydrogens is 355 g/mol. The number of amides is 1. The standard InChI is InChI=1S/C13H18F3N3O2S.ClH/c1-2-9(12-19-10(7-22-12)13(14,15)16)18-11(20)5-8-6-21-4-3-17-8;/h7-9,17H,2-6H2,1H3,(H,18,20);1H. The van der Waals surface area contributed by atoms with E-state index < -0.39 is 17.9 Å². The first-order chi connectivity index (χ1) is 10.4. The normalized spacial score (nSPS) is 19.7. The van der Waals surface area contributed by atoms with E-state index in [4.69, 9.17) is 4.74 Å².